The second-order valence-corrected chi connectivity index (χ2v) is 6.26. The molecule has 4 heteroatoms. The maximum Gasteiger partial charge on any atom is 4.00 e. The number of aromatic nitrogens is 1. The molecule has 1 aromatic heterocycles. The Kier molecular flexibility index (Phi) is 10.4. The van der Waals surface area contributed by atoms with Crippen LogP contribution in [0.5, 0.6) is 0 Å². The van der Waals surface area contributed by atoms with Gasteiger partial charge in [0, 0.05) is 11.9 Å². The van der Waals surface area contributed by atoms with Crippen molar-refractivity contribution >= 4 is 10.8 Å². The van der Waals surface area contributed by atoms with Crippen LogP contribution in [0.15, 0.2) is 65.9 Å². The molecule has 0 atom stereocenters. The van der Waals surface area contributed by atoms with E-state index in [9.17, 15) is 0 Å². The first kappa shape index (κ1) is 24.9. The Labute approximate surface area is 184 Å². The number of halogens is 2. The number of allylic oxidation sites excluding steroid dienone is 4. The van der Waals surface area contributed by atoms with Crippen molar-refractivity contribution in [3.63, 3.8) is 0 Å². The Hall–Kier alpha value is -1.12. The van der Waals surface area contributed by atoms with E-state index in [1.807, 2.05) is 0 Å². The summed E-state index contributed by atoms with van der Waals surface area (Å²) in [6.45, 7) is 8.49. The van der Waals surface area contributed by atoms with Gasteiger partial charge in [0.25, 0.3) is 0 Å². The number of aryl methyl sites for hydroxylation is 2. The van der Waals surface area contributed by atoms with Crippen LogP contribution in [-0.4, -0.2) is 4.57 Å². The van der Waals surface area contributed by atoms with Crippen LogP contribution >= 0.6 is 0 Å². The average Bonchev–Trinajstić information content (AvgIpc) is 3.19. The molecule has 3 aromatic rings. The summed E-state index contributed by atoms with van der Waals surface area (Å²) in [6.07, 6.45) is 8.59. The number of rotatable bonds is 1. The maximum absolute atomic E-state index is 3.19. The molecule has 0 radical (unpaired) electrons. The van der Waals surface area contributed by atoms with Gasteiger partial charge in [0.15, 0.2) is 0 Å². The summed E-state index contributed by atoms with van der Waals surface area (Å²) in [6, 6.07) is 15.2. The van der Waals surface area contributed by atoms with E-state index in [0.29, 0.717) is 0 Å². The molecule has 134 valence electrons. The Morgan fingerprint density at radius 2 is 1.69 bits per heavy atom. The predicted molar refractivity (Wildman–Crippen MR) is 99.1 cm³/mol. The second kappa shape index (κ2) is 10.9. The first-order valence-corrected chi connectivity index (χ1v) is 8.10. The van der Waals surface area contributed by atoms with Gasteiger partial charge in [0.05, 0.1) is 0 Å². The van der Waals surface area contributed by atoms with Gasteiger partial charge in [-0.2, -0.15) is 6.08 Å². The molecule has 0 unspecified atom stereocenters. The number of hydrogen-bond donors (Lipinski definition) is 0. The van der Waals surface area contributed by atoms with Crippen molar-refractivity contribution in [1.82, 2.24) is 4.57 Å². The molecule has 0 aliphatic heterocycles. The van der Waals surface area contributed by atoms with Gasteiger partial charge >= 0.3 is 21.7 Å². The fourth-order valence-corrected chi connectivity index (χ4v) is 2.94. The van der Waals surface area contributed by atoms with E-state index in [2.05, 4.69) is 93.1 Å². The topological polar surface area (TPSA) is 4.93 Å². The van der Waals surface area contributed by atoms with Gasteiger partial charge in [0.1, 0.15) is 0 Å². The summed E-state index contributed by atoms with van der Waals surface area (Å²) < 4.78 is 2.25. The fraction of sp³-hybridized carbons (Fsp3) is 0.227. The van der Waals surface area contributed by atoms with E-state index in [1.54, 1.807) is 0 Å². The second-order valence-electron chi connectivity index (χ2n) is 6.26. The van der Waals surface area contributed by atoms with Gasteiger partial charge in [-0.15, -0.1) is 54.4 Å². The van der Waals surface area contributed by atoms with E-state index in [0.717, 1.165) is 6.42 Å². The van der Waals surface area contributed by atoms with Crippen molar-refractivity contribution in [2.75, 3.05) is 0 Å². The largest absolute Gasteiger partial charge is 4.00 e. The fourth-order valence-electron chi connectivity index (χ4n) is 2.94. The monoisotopic (exact) mass is 419 g/mol. The normalized spacial score (nSPS) is 12.0. The maximum atomic E-state index is 3.19. The average molecular weight is 420 g/mol. The van der Waals surface area contributed by atoms with E-state index >= 15 is 0 Å². The Morgan fingerprint density at radius 1 is 1.00 bits per heavy atom. The summed E-state index contributed by atoms with van der Waals surface area (Å²) in [7, 11) is 0. The summed E-state index contributed by atoms with van der Waals surface area (Å²) >= 11 is 0. The zero-order chi connectivity index (χ0) is 16.4. The summed E-state index contributed by atoms with van der Waals surface area (Å²) in [5.41, 5.74) is 6.56. The molecule has 0 N–H and O–H groups in total. The van der Waals surface area contributed by atoms with Crippen molar-refractivity contribution in [2.45, 2.75) is 34.1 Å². The van der Waals surface area contributed by atoms with Crippen LogP contribution in [0, 0.1) is 19.9 Å². The van der Waals surface area contributed by atoms with Gasteiger partial charge in [-0.25, -0.2) is 11.1 Å². The molecule has 1 heterocycles. The first-order chi connectivity index (χ1) is 11.0. The standard InChI is InChI=1S/C15H14N.C7H9.2ClH.Ti/c1-11-7-12(2)16(10-11)15-8-13-5-3-4-6-14(13)9-15;1-6-4-3-5-7(6)2;;;/h3-10H,1-2H3;4H,3H2,1-2H3;2*1H;/q2*-1;;;+4/p-2. The van der Waals surface area contributed by atoms with E-state index in [1.165, 1.54) is 38.9 Å². The third-order valence-corrected chi connectivity index (χ3v) is 4.40. The number of fused-ring (bicyclic) bond motifs is 1. The molecule has 2 aromatic carbocycles. The van der Waals surface area contributed by atoms with E-state index < -0.39 is 0 Å². The minimum absolute atomic E-state index is 0. The summed E-state index contributed by atoms with van der Waals surface area (Å²) in [5, 5.41) is 2.62. The summed E-state index contributed by atoms with van der Waals surface area (Å²) in [5.74, 6) is 0. The molecule has 0 saturated carbocycles. The van der Waals surface area contributed by atoms with Crippen LogP contribution in [0.2, 0.25) is 0 Å². The number of benzene rings is 1. The van der Waals surface area contributed by atoms with Crippen molar-refractivity contribution in [1.29, 1.82) is 0 Å². The van der Waals surface area contributed by atoms with E-state index in [-0.39, 0.29) is 46.5 Å². The molecule has 0 amide bonds. The van der Waals surface area contributed by atoms with Gasteiger partial charge in [-0.05, 0) is 31.2 Å². The van der Waals surface area contributed by atoms with Crippen LogP contribution in [0.3, 0.4) is 0 Å². The zero-order valence-corrected chi connectivity index (χ0v) is 18.7. The molecule has 1 nitrogen and oxygen atoms in total. The molecule has 0 saturated heterocycles. The smallest absolute Gasteiger partial charge is 1.00 e. The molecule has 26 heavy (non-hydrogen) atoms. The molecular weight excluding hydrogens is 397 g/mol. The van der Waals surface area contributed by atoms with Crippen LogP contribution in [-0.2, 0) is 21.7 Å². The van der Waals surface area contributed by atoms with Crippen molar-refractivity contribution in [2.24, 2.45) is 0 Å². The van der Waals surface area contributed by atoms with Crippen molar-refractivity contribution < 1.29 is 46.5 Å². The Bertz CT molecular complexity index is 851. The SMILES string of the molecule is CC1=[C-]CC=C1C.Cc1cc(C)n(-c2cc3ccccc3[cH-]2)c1.[Cl-].[Cl-].[Ti+4]. The molecule has 4 rings (SSSR count). The summed E-state index contributed by atoms with van der Waals surface area (Å²) in [4.78, 5) is 0. The van der Waals surface area contributed by atoms with Gasteiger partial charge < -0.3 is 29.4 Å². The van der Waals surface area contributed by atoms with Crippen LogP contribution in [0.1, 0.15) is 31.5 Å². The van der Waals surface area contributed by atoms with Gasteiger partial charge in [0.2, 0.25) is 0 Å². The van der Waals surface area contributed by atoms with Crippen molar-refractivity contribution in [3.05, 3.63) is 83.2 Å². The Morgan fingerprint density at radius 3 is 2.15 bits per heavy atom. The quantitative estimate of drug-likeness (QED) is 0.388. The Balaban J connectivity index is 0.000000542. The van der Waals surface area contributed by atoms with Crippen LogP contribution in [0.25, 0.3) is 16.5 Å². The number of hydrogen-bond acceptors (Lipinski definition) is 0. The number of nitrogens with zero attached hydrogens (tertiary/aromatic N) is 1. The van der Waals surface area contributed by atoms with Crippen LogP contribution < -0.4 is 24.8 Å². The third kappa shape index (κ3) is 5.69. The van der Waals surface area contributed by atoms with Gasteiger partial charge in [-0.1, -0.05) is 13.0 Å². The molecule has 0 spiro atoms. The van der Waals surface area contributed by atoms with Gasteiger partial charge in [-0.3, -0.25) is 6.08 Å². The van der Waals surface area contributed by atoms with Crippen LogP contribution in [0.4, 0.5) is 0 Å². The molecule has 1 aliphatic rings. The zero-order valence-electron chi connectivity index (χ0n) is 15.6. The molecule has 0 bridgehead atoms. The minimum Gasteiger partial charge on any atom is -1.00 e. The first-order valence-electron chi connectivity index (χ1n) is 8.10. The van der Waals surface area contributed by atoms with Crippen molar-refractivity contribution in [3.8, 4) is 5.69 Å². The molecular formula is C22H23Cl2NTi. The third-order valence-electron chi connectivity index (χ3n) is 4.40. The predicted octanol–water partition coefficient (Wildman–Crippen LogP) is 0.0576. The van der Waals surface area contributed by atoms with E-state index in [4.69, 9.17) is 0 Å². The molecule has 0 fully saturated rings. The minimum atomic E-state index is 0. The molecule has 1 aliphatic carbocycles.